The summed E-state index contributed by atoms with van der Waals surface area (Å²) in [6.07, 6.45) is 0.680. The molecule has 0 radical (unpaired) electrons. The van der Waals surface area contributed by atoms with E-state index in [-0.39, 0.29) is 10.8 Å². The summed E-state index contributed by atoms with van der Waals surface area (Å²) in [5.74, 6) is -0.222. The van der Waals surface area contributed by atoms with Crippen LogP contribution in [0.1, 0.15) is 26.3 Å². The number of aldehydes is 1. The molecule has 0 heterocycles. The fourth-order valence-electron chi connectivity index (χ4n) is 1.57. The first kappa shape index (κ1) is 12.8. The summed E-state index contributed by atoms with van der Waals surface area (Å²) in [5.41, 5.74) is 1.25. The lowest BCUT2D eigenvalue weighted by Crippen LogP contribution is -2.02. The Labute approximate surface area is 114 Å². The van der Waals surface area contributed by atoms with E-state index < -0.39 is 0 Å². The van der Waals surface area contributed by atoms with E-state index in [0.29, 0.717) is 28.0 Å². The highest BCUT2D eigenvalue weighted by Gasteiger charge is 2.13. The van der Waals surface area contributed by atoms with E-state index in [9.17, 15) is 9.59 Å². The Kier molecular flexibility index (Phi) is 3.80. The van der Waals surface area contributed by atoms with Crippen molar-refractivity contribution in [2.75, 3.05) is 0 Å². The van der Waals surface area contributed by atoms with Gasteiger partial charge in [-0.25, -0.2) is 0 Å². The molecule has 0 fully saturated rings. The van der Waals surface area contributed by atoms with E-state index in [1.54, 1.807) is 30.3 Å². The molecule has 2 rings (SSSR count). The van der Waals surface area contributed by atoms with Gasteiger partial charge in [-0.3, -0.25) is 9.59 Å². The van der Waals surface area contributed by atoms with E-state index in [1.165, 1.54) is 12.1 Å². The first-order valence-electron chi connectivity index (χ1n) is 5.17. The monoisotopic (exact) mass is 278 g/mol. The van der Waals surface area contributed by atoms with Crippen LogP contribution in [-0.2, 0) is 0 Å². The molecule has 0 saturated heterocycles. The van der Waals surface area contributed by atoms with Gasteiger partial charge in [0.1, 0.15) is 6.29 Å². The van der Waals surface area contributed by atoms with Crippen LogP contribution in [0.15, 0.2) is 42.5 Å². The Hall–Kier alpha value is -1.64. The van der Waals surface area contributed by atoms with Gasteiger partial charge in [0, 0.05) is 21.7 Å². The van der Waals surface area contributed by atoms with Crippen molar-refractivity contribution in [3.05, 3.63) is 69.2 Å². The number of carbonyl (C=O) groups is 2. The van der Waals surface area contributed by atoms with Gasteiger partial charge in [-0.1, -0.05) is 41.4 Å². The molecule has 0 unspecified atom stereocenters. The topological polar surface area (TPSA) is 34.1 Å². The van der Waals surface area contributed by atoms with Crippen molar-refractivity contribution in [3.63, 3.8) is 0 Å². The van der Waals surface area contributed by atoms with E-state index in [0.717, 1.165) is 0 Å². The first-order valence-corrected chi connectivity index (χ1v) is 5.92. The number of benzene rings is 2. The van der Waals surface area contributed by atoms with Crippen LogP contribution >= 0.6 is 23.2 Å². The van der Waals surface area contributed by atoms with Crippen molar-refractivity contribution in [2.24, 2.45) is 0 Å². The lowest BCUT2D eigenvalue weighted by Gasteiger charge is -2.04. The van der Waals surface area contributed by atoms with Crippen LogP contribution in [0.4, 0.5) is 0 Å². The lowest BCUT2D eigenvalue weighted by atomic mass is 10.0. The Morgan fingerprint density at radius 3 is 2.44 bits per heavy atom. The molecule has 0 bridgehead atoms. The van der Waals surface area contributed by atoms with Crippen LogP contribution in [-0.4, -0.2) is 12.1 Å². The fourth-order valence-corrected chi connectivity index (χ4v) is 2.04. The second kappa shape index (κ2) is 5.34. The van der Waals surface area contributed by atoms with Crippen molar-refractivity contribution in [3.8, 4) is 0 Å². The predicted molar refractivity (Wildman–Crippen MR) is 71.7 cm³/mol. The molecule has 0 atom stereocenters. The highest BCUT2D eigenvalue weighted by Crippen LogP contribution is 2.22. The number of carbonyl (C=O) groups excluding carboxylic acids is 2. The molecule has 0 spiro atoms. The molecular formula is C14H8Cl2O2. The van der Waals surface area contributed by atoms with Crippen LogP contribution in [0, 0.1) is 0 Å². The Morgan fingerprint density at radius 2 is 1.83 bits per heavy atom. The maximum atomic E-state index is 12.2. The zero-order valence-corrected chi connectivity index (χ0v) is 10.7. The lowest BCUT2D eigenvalue weighted by molar-refractivity contribution is 0.103. The van der Waals surface area contributed by atoms with Gasteiger partial charge in [0.05, 0.1) is 5.02 Å². The van der Waals surface area contributed by atoms with E-state index in [2.05, 4.69) is 0 Å². The van der Waals surface area contributed by atoms with Crippen LogP contribution < -0.4 is 0 Å². The molecule has 0 aliphatic rings. The Balaban J connectivity index is 2.43. The van der Waals surface area contributed by atoms with Crippen LogP contribution in [0.2, 0.25) is 10.0 Å². The molecule has 0 aromatic heterocycles. The molecule has 18 heavy (non-hydrogen) atoms. The molecule has 90 valence electrons. The largest absolute Gasteiger partial charge is 0.298 e. The standard InChI is InChI=1S/C14H8Cl2O2/c15-11-3-1-2-10(7-11)14(18)12-5-4-9(8-17)6-13(12)16/h1-8H. The van der Waals surface area contributed by atoms with Crippen molar-refractivity contribution in [1.82, 2.24) is 0 Å². The molecule has 0 saturated carbocycles. The van der Waals surface area contributed by atoms with Gasteiger partial charge in [-0.2, -0.15) is 0 Å². The van der Waals surface area contributed by atoms with Crippen molar-refractivity contribution >= 4 is 35.3 Å². The summed E-state index contributed by atoms with van der Waals surface area (Å²) in [4.78, 5) is 22.8. The third-order valence-electron chi connectivity index (χ3n) is 2.46. The smallest absolute Gasteiger partial charge is 0.194 e. The second-order valence-electron chi connectivity index (χ2n) is 3.70. The van der Waals surface area contributed by atoms with E-state index >= 15 is 0 Å². The zero-order valence-electron chi connectivity index (χ0n) is 9.19. The minimum atomic E-state index is -0.222. The Morgan fingerprint density at radius 1 is 1.06 bits per heavy atom. The highest BCUT2D eigenvalue weighted by molar-refractivity contribution is 6.35. The molecule has 0 aliphatic carbocycles. The summed E-state index contributed by atoms with van der Waals surface area (Å²) in [7, 11) is 0. The molecule has 0 amide bonds. The summed E-state index contributed by atoms with van der Waals surface area (Å²) in [6, 6.07) is 11.2. The zero-order chi connectivity index (χ0) is 13.1. The van der Waals surface area contributed by atoms with Gasteiger partial charge in [-0.15, -0.1) is 0 Å². The molecule has 2 nitrogen and oxygen atoms in total. The minimum Gasteiger partial charge on any atom is -0.298 e. The number of hydrogen-bond donors (Lipinski definition) is 0. The van der Waals surface area contributed by atoms with Crippen molar-refractivity contribution in [1.29, 1.82) is 0 Å². The Bertz CT molecular complexity index is 621. The van der Waals surface area contributed by atoms with Crippen LogP contribution in [0.3, 0.4) is 0 Å². The molecule has 2 aromatic rings. The highest BCUT2D eigenvalue weighted by atomic mass is 35.5. The SMILES string of the molecule is O=Cc1ccc(C(=O)c2cccc(Cl)c2)c(Cl)c1. The summed E-state index contributed by atoms with van der Waals surface area (Å²) >= 11 is 11.8. The second-order valence-corrected chi connectivity index (χ2v) is 4.54. The third-order valence-corrected chi connectivity index (χ3v) is 3.01. The minimum absolute atomic E-state index is 0.222. The van der Waals surface area contributed by atoms with Crippen LogP contribution in [0.25, 0.3) is 0 Å². The molecule has 0 aliphatic heterocycles. The van der Waals surface area contributed by atoms with Gasteiger partial charge in [0.2, 0.25) is 0 Å². The molecular weight excluding hydrogens is 271 g/mol. The maximum absolute atomic E-state index is 12.2. The van der Waals surface area contributed by atoms with Gasteiger partial charge in [0.15, 0.2) is 5.78 Å². The molecule has 0 N–H and O–H groups in total. The number of halogens is 2. The van der Waals surface area contributed by atoms with Gasteiger partial charge in [0.25, 0.3) is 0 Å². The van der Waals surface area contributed by atoms with Gasteiger partial charge >= 0.3 is 0 Å². The summed E-state index contributed by atoms with van der Waals surface area (Å²) < 4.78 is 0. The maximum Gasteiger partial charge on any atom is 0.194 e. The predicted octanol–water partition coefficient (Wildman–Crippen LogP) is 4.04. The third kappa shape index (κ3) is 2.61. The molecule has 2 aromatic carbocycles. The normalized spacial score (nSPS) is 10.1. The summed E-state index contributed by atoms with van der Waals surface area (Å²) in [5, 5.41) is 0.742. The number of ketones is 1. The number of rotatable bonds is 3. The van der Waals surface area contributed by atoms with Crippen molar-refractivity contribution in [2.45, 2.75) is 0 Å². The van der Waals surface area contributed by atoms with E-state index in [1.807, 2.05) is 0 Å². The van der Waals surface area contributed by atoms with E-state index in [4.69, 9.17) is 23.2 Å². The fraction of sp³-hybridized carbons (Fsp3) is 0. The van der Waals surface area contributed by atoms with Gasteiger partial charge < -0.3 is 0 Å². The quantitative estimate of drug-likeness (QED) is 0.627. The van der Waals surface area contributed by atoms with Crippen LogP contribution in [0.5, 0.6) is 0 Å². The first-order chi connectivity index (χ1) is 8.61. The van der Waals surface area contributed by atoms with Gasteiger partial charge in [-0.05, 0) is 24.3 Å². The summed E-state index contributed by atoms with van der Waals surface area (Å²) in [6.45, 7) is 0. The number of hydrogen-bond acceptors (Lipinski definition) is 2. The van der Waals surface area contributed by atoms with Crippen molar-refractivity contribution < 1.29 is 9.59 Å². The molecule has 4 heteroatoms. The average Bonchev–Trinajstić information content (AvgIpc) is 2.37. The average molecular weight is 279 g/mol.